The lowest BCUT2D eigenvalue weighted by molar-refractivity contribution is 0.126. The van der Waals surface area contributed by atoms with E-state index < -0.39 is 10.0 Å². The first-order valence-electron chi connectivity index (χ1n) is 6.29. The molecular formula is C11H24N2O3S. The average molecular weight is 264 g/mol. The summed E-state index contributed by atoms with van der Waals surface area (Å²) in [6.45, 7) is 6.01. The van der Waals surface area contributed by atoms with Gasteiger partial charge in [0.25, 0.3) is 0 Å². The van der Waals surface area contributed by atoms with Gasteiger partial charge in [0.05, 0.1) is 11.9 Å². The number of rotatable bonds is 7. The fourth-order valence-corrected chi connectivity index (χ4v) is 3.80. The van der Waals surface area contributed by atoms with Gasteiger partial charge in [0.15, 0.2) is 0 Å². The maximum absolute atomic E-state index is 12.2. The van der Waals surface area contributed by atoms with Gasteiger partial charge in [-0.25, -0.2) is 12.7 Å². The molecule has 2 unspecified atom stereocenters. The molecule has 2 atom stereocenters. The molecule has 0 radical (unpaired) electrons. The van der Waals surface area contributed by atoms with E-state index in [1.54, 1.807) is 0 Å². The second-order valence-electron chi connectivity index (χ2n) is 4.71. The summed E-state index contributed by atoms with van der Waals surface area (Å²) >= 11 is 0. The highest BCUT2D eigenvalue weighted by Gasteiger charge is 2.28. The van der Waals surface area contributed by atoms with Crippen LogP contribution in [0.2, 0.25) is 0 Å². The number of hydrogen-bond donors (Lipinski definition) is 1. The number of ether oxygens (including phenoxy) is 1. The quantitative estimate of drug-likeness (QED) is 0.723. The monoisotopic (exact) mass is 264 g/mol. The summed E-state index contributed by atoms with van der Waals surface area (Å²) in [6.07, 6.45) is 1.69. The van der Waals surface area contributed by atoms with Gasteiger partial charge in [-0.15, -0.1) is 0 Å². The Hall–Kier alpha value is -0.170. The molecule has 0 aliphatic carbocycles. The minimum absolute atomic E-state index is 0.109. The molecule has 1 fully saturated rings. The third-order valence-corrected chi connectivity index (χ3v) is 5.07. The van der Waals surface area contributed by atoms with Crippen LogP contribution in [0.5, 0.6) is 0 Å². The molecule has 5 nitrogen and oxygen atoms in total. The zero-order valence-corrected chi connectivity index (χ0v) is 11.6. The highest BCUT2D eigenvalue weighted by molar-refractivity contribution is 7.89. The Balaban J connectivity index is 2.58. The number of hydrogen-bond acceptors (Lipinski definition) is 4. The van der Waals surface area contributed by atoms with Crippen molar-refractivity contribution in [2.75, 3.05) is 32.0 Å². The van der Waals surface area contributed by atoms with Crippen LogP contribution in [-0.2, 0) is 14.8 Å². The first-order valence-corrected chi connectivity index (χ1v) is 7.90. The van der Waals surface area contributed by atoms with Crippen LogP contribution in [0.3, 0.4) is 0 Å². The summed E-state index contributed by atoms with van der Waals surface area (Å²) < 4.78 is 31.3. The van der Waals surface area contributed by atoms with Gasteiger partial charge >= 0.3 is 0 Å². The normalized spacial score (nSPS) is 23.2. The van der Waals surface area contributed by atoms with E-state index in [9.17, 15) is 8.42 Å². The maximum atomic E-state index is 12.2. The van der Waals surface area contributed by atoms with Crippen molar-refractivity contribution in [3.05, 3.63) is 0 Å². The molecule has 0 amide bonds. The average Bonchev–Trinajstić information content (AvgIpc) is 2.76. The fourth-order valence-electron chi connectivity index (χ4n) is 1.98. The molecule has 0 aromatic carbocycles. The molecule has 2 N–H and O–H groups in total. The van der Waals surface area contributed by atoms with Crippen molar-refractivity contribution in [2.24, 2.45) is 11.7 Å². The van der Waals surface area contributed by atoms with Crippen LogP contribution in [0, 0.1) is 5.92 Å². The van der Waals surface area contributed by atoms with E-state index in [0.717, 1.165) is 12.8 Å². The van der Waals surface area contributed by atoms with Gasteiger partial charge in [-0.05, 0) is 25.3 Å². The SMILES string of the molecule is CCN(CC(C)CN)S(=O)(=O)CC1CCCO1. The molecule has 1 aliphatic heterocycles. The summed E-state index contributed by atoms with van der Waals surface area (Å²) in [4.78, 5) is 0. The van der Waals surface area contributed by atoms with Gasteiger partial charge in [-0.1, -0.05) is 13.8 Å². The summed E-state index contributed by atoms with van der Waals surface area (Å²) in [5.74, 6) is 0.298. The number of nitrogens with zero attached hydrogens (tertiary/aromatic N) is 1. The smallest absolute Gasteiger partial charge is 0.216 e. The van der Waals surface area contributed by atoms with Crippen LogP contribution in [0.4, 0.5) is 0 Å². The van der Waals surface area contributed by atoms with Crippen LogP contribution in [0.25, 0.3) is 0 Å². The number of nitrogens with two attached hydrogens (primary N) is 1. The second-order valence-corrected chi connectivity index (χ2v) is 6.72. The first-order chi connectivity index (χ1) is 7.99. The summed E-state index contributed by atoms with van der Waals surface area (Å²) in [7, 11) is -3.21. The molecule has 0 saturated carbocycles. The lowest BCUT2D eigenvalue weighted by atomic mass is 10.2. The van der Waals surface area contributed by atoms with Gasteiger partial charge < -0.3 is 10.5 Å². The van der Waals surface area contributed by atoms with Crippen LogP contribution >= 0.6 is 0 Å². The molecule has 0 aromatic heterocycles. The molecule has 1 rings (SSSR count). The summed E-state index contributed by atoms with van der Waals surface area (Å²) in [5.41, 5.74) is 5.54. The maximum Gasteiger partial charge on any atom is 0.216 e. The zero-order chi connectivity index (χ0) is 12.9. The first kappa shape index (κ1) is 14.9. The Morgan fingerprint density at radius 2 is 2.24 bits per heavy atom. The van der Waals surface area contributed by atoms with Crippen molar-refractivity contribution in [3.63, 3.8) is 0 Å². The van der Waals surface area contributed by atoms with E-state index in [-0.39, 0.29) is 17.8 Å². The third-order valence-electron chi connectivity index (χ3n) is 3.08. The lowest BCUT2D eigenvalue weighted by Crippen LogP contribution is -2.40. The molecule has 1 aliphatic rings. The molecule has 0 aromatic rings. The molecule has 1 saturated heterocycles. The molecule has 0 bridgehead atoms. The highest BCUT2D eigenvalue weighted by Crippen LogP contribution is 2.16. The van der Waals surface area contributed by atoms with Gasteiger partial charge in [-0.2, -0.15) is 0 Å². The van der Waals surface area contributed by atoms with Crippen molar-refractivity contribution in [1.82, 2.24) is 4.31 Å². The van der Waals surface area contributed by atoms with E-state index >= 15 is 0 Å². The van der Waals surface area contributed by atoms with Gasteiger partial charge in [0.1, 0.15) is 0 Å². The van der Waals surface area contributed by atoms with Crippen molar-refractivity contribution < 1.29 is 13.2 Å². The third kappa shape index (κ3) is 4.54. The fraction of sp³-hybridized carbons (Fsp3) is 1.00. The molecule has 0 spiro atoms. The Morgan fingerprint density at radius 3 is 2.71 bits per heavy atom. The van der Waals surface area contributed by atoms with E-state index in [0.29, 0.717) is 26.2 Å². The topological polar surface area (TPSA) is 72.6 Å². The largest absolute Gasteiger partial charge is 0.377 e. The highest BCUT2D eigenvalue weighted by atomic mass is 32.2. The molecule has 17 heavy (non-hydrogen) atoms. The molecule has 1 heterocycles. The van der Waals surface area contributed by atoms with E-state index in [4.69, 9.17) is 10.5 Å². The second kappa shape index (κ2) is 6.68. The van der Waals surface area contributed by atoms with Gasteiger partial charge in [0, 0.05) is 19.7 Å². The molecule has 102 valence electrons. The Bertz CT molecular complexity index is 313. The standard InChI is InChI=1S/C11H24N2O3S/c1-3-13(8-10(2)7-12)17(14,15)9-11-5-4-6-16-11/h10-11H,3-9,12H2,1-2H3. The minimum Gasteiger partial charge on any atom is -0.377 e. The lowest BCUT2D eigenvalue weighted by Gasteiger charge is -2.24. The number of sulfonamides is 1. The predicted octanol–water partition coefficient (Wildman–Crippen LogP) is 0.412. The Morgan fingerprint density at radius 1 is 1.53 bits per heavy atom. The van der Waals surface area contributed by atoms with E-state index in [1.165, 1.54) is 4.31 Å². The Kier molecular flexibility index (Phi) is 5.85. The van der Waals surface area contributed by atoms with Crippen molar-refractivity contribution in [3.8, 4) is 0 Å². The summed E-state index contributed by atoms with van der Waals surface area (Å²) in [5, 5.41) is 0. The minimum atomic E-state index is -3.21. The molecular weight excluding hydrogens is 240 g/mol. The van der Waals surface area contributed by atoms with E-state index in [2.05, 4.69) is 0 Å². The van der Waals surface area contributed by atoms with Crippen molar-refractivity contribution >= 4 is 10.0 Å². The van der Waals surface area contributed by atoms with Crippen molar-refractivity contribution in [1.29, 1.82) is 0 Å². The predicted molar refractivity (Wildman–Crippen MR) is 68.2 cm³/mol. The summed E-state index contributed by atoms with van der Waals surface area (Å²) in [6, 6.07) is 0. The van der Waals surface area contributed by atoms with Crippen LogP contribution in [0.15, 0.2) is 0 Å². The van der Waals surface area contributed by atoms with Crippen LogP contribution < -0.4 is 5.73 Å². The zero-order valence-electron chi connectivity index (χ0n) is 10.8. The van der Waals surface area contributed by atoms with Crippen LogP contribution in [0.1, 0.15) is 26.7 Å². The van der Waals surface area contributed by atoms with Crippen LogP contribution in [-0.4, -0.2) is 50.8 Å². The van der Waals surface area contributed by atoms with E-state index in [1.807, 2.05) is 13.8 Å². The van der Waals surface area contributed by atoms with Gasteiger partial charge in [-0.3, -0.25) is 0 Å². The van der Waals surface area contributed by atoms with Gasteiger partial charge in [0.2, 0.25) is 10.0 Å². The van der Waals surface area contributed by atoms with Crippen molar-refractivity contribution in [2.45, 2.75) is 32.8 Å². The Labute approximate surface area is 104 Å². The molecule has 6 heteroatoms.